The number of rotatable bonds is 7. The average Bonchev–Trinajstić information content (AvgIpc) is 2.89. The molecule has 1 fully saturated rings. The Morgan fingerprint density at radius 2 is 1.56 bits per heavy atom. The average molecular weight is 245 g/mol. The van der Waals surface area contributed by atoms with Gasteiger partial charge in [0.1, 0.15) is 0 Å². The molecule has 0 atom stereocenters. The molecule has 1 aromatic rings. The maximum atomic E-state index is 2.62. The maximum absolute atomic E-state index is 2.62. The van der Waals surface area contributed by atoms with Gasteiger partial charge >= 0.3 is 0 Å². The molecule has 18 heavy (non-hydrogen) atoms. The van der Waals surface area contributed by atoms with Crippen LogP contribution < -0.4 is 0 Å². The Morgan fingerprint density at radius 3 is 2.28 bits per heavy atom. The van der Waals surface area contributed by atoms with Crippen LogP contribution in [0.1, 0.15) is 49.7 Å². The summed E-state index contributed by atoms with van der Waals surface area (Å²) in [5, 5.41) is 0. The van der Waals surface area contributed by atoms with E-state index >= 15 is 0 Å². The Kier molecular flexibility index (Phi) is 5.73. The van der Waals surface area contributed by atoms with Crippen LogP contribution in [-0.4, -0.2) is 24.5 Å². The van der Waals surface area contributed by atoms with Crippen LogP contribution >= 0.6 is 0 Å². The lowest BCUT2D eigenvalue weighted by Gasteiger charge is -2.13. The Bertz CT molecular complexity index is 322. The third-order valence-electron chi connectivity index (χ3n) is 4.01. The van der Waals surface area contributed by atoms with Gasteiger partial charge in [-0.15, -0.1) is 0 Å². The Hall–Kier alpha value is -0.820. The van der Waals surface area contributed by atoms with E-state index in [1.165, 1.54) is 75.7 Å². The van der Waals surface area contributed by atoms with Crippen molar-refractivity contribution >= 4 is 0 Å². The van der Waals surface area contributed by atoms with Crippen LogP contribution in [0.4, 0.5) is 0 Å². The summed E-state index contributed by atoms with van der Waals surface area (Å²) >= 11 is 0. The van der Waals surface area contributed by atoms with E-state index < -0.39 is 0 Å². The SMILES string of the molecule is Cc1ccc(CCCCCCN2CCCC2)cc1. The highest BCUT2D eigenvalue weighted by Crippen LogP contribution is 2.11. The lowest BCUT2D eigenvalue weighted by Crippen LogP contribution is -2.20. The summed E-state index contributed by atoms with van der Waals surface area (Å²) in [4.78, 5) is 2.62. The third kappa shape index (κ3) is 4.81. The molecule has 0 aromatic heterocycles. The van der Waals surface area contributed by atoms with Crippen molar-refractivity contribution in [2.75, 3.05) is 19.6 Å². The van der Waals surface area contributed by atoms with Crippen LogP contribution in [-0.2, 0) is 6.42 Å². The Balaban J connectivity index is 1.49. The van der Waals surface area contributed by atoms with E-state index in [4.69, 9.17) is 0 Å². The summed E-state index contributed by atoms with van der Waals surface area (Å²) in [7, 11) is 0. The molecule has 1 heteroatoms. The van der Waals surface area contributed by atoms with Crippen molar-refractivity contribution in [3.05, 3.63) is 35.4 Å². The highest BCUT2D eigenvalue weighted by atomic mass is 15.1. The van der Waals surface area contributed by atoms with Gasteiger partial charge < -0.3 is 4.90 Å². The maximum Gasteiger partial charge on any atom is -0.00183 e. The number of benzene rings is 1. The van der Waals surface area contributed by atoms with Crippen LogP contribution in [0.2, 0.25) is 0 Å². The van der Waals surface area contributed by atoms with Crippen molar-refractivity contribution in [1.82, 2.24) is 4.90 Å². The van der Waals surface area contributed by atoms with Gasteiger partial charge in [-0.25, -0.2) is 0 Å². The zero-order valence-electron chi connectivity index (χ0n) is 11.8. The largest absolute Gasteiger partial charge is 0.303 e. The van der Waals surface area contributed by atoms with Gasteiger partial charge in [-0.3, -0.25) is 0 Å². The molecule has 100 valence electrons. The zero-order chi connectivity index (χ0) is 12.6. The molecule has 0 spiro atoms. The lowest BCUT2D eigenvalue weighted by molar-refractivity contribution is 0.328. The molecule has 0 N–H and O–H groups in total. The van der Waals surface area contributed by atoms with Gasteiger partial charge in [0.25, 0.3) is 0 Å². The second kappa shape index (κ2) is 7.58. The summed E-state index contributed by atoms with van der Waals surface area (Å²) in [6.07, 6.45) is 9.64. The molecule has 0 amide bonds. The highest BCUT2D eigenvalue weighted by molar-refractivity contribution is 5.21. The van der Waals surface area contributed by atoms with E-state index in [-0.39, 0.29) is 0 Å². The Labute approximate surface area is 112 Å². The van der Waals surface area contributed by atoms with Crippen molar-refractivity contribution < 1.29 is 0 Å². The second-order valence-electron chi connectivity index (χ2n) is 5.70. The standard InChI is InChI=1S/C17H27N/c1-16-9-11-17(12-10-16)8-4-2-3-5-13-18-14-6-7-15-18/h9-12H,2-8,13-15H2,1H3. The first kappa shape index (κ1) is 13.6. The van der Waals surface area contributed by atoms with Gasteiger partial charge in [-0.2, -0.15) is 0 Å². The predicted molar refractivity (Wildman–Crippen MR) is 79.0 cm³/mol. The molecule has 1 aliphatic rings. The van der Waals surface area contributed by atoms with E-state index in [9.17, 15) is 0 Å². The fourth-order valence-electron chi connectivity index (χ4n) is 2.78. The van der Waals surface area contributed by atoms with Crippen LogP contribution in [0.3, 0.4) is 0 Å². The molecule has 1 nitrogen and oxygen atoms in total. The summed E-state index contributed by atoms with van der Waals surface area (Å²) in [5.41, 5.74) is 2.87. The minimum atomic E-state index is 1.25. The molecule has 0 aliphatic carbocycles. The van der Waals surface area contributed by atoms with Crippen molar-refractivity contribution in [3.63, 3.8) is 0 Å². The smallest absolute Gasteiger partial charge is 0.00183 e. The van der Waals surface area contributed by atoms with Crippen LogP contribution in [0.15, 0.2) is 24.3 Å². The lowest BCUT2D eigenvalue weighted by atomic mass is 10.0. The molecule has 0 radical (unpaired) electrons. The molecule has 1 aromatic carbocycles. The highest BCUT2D eigenvalue weighted by Gasteiger charge is 2.09. The number of hydrogen-bond donors (Lipinski definition) is 0. The van der Waals surface area contributed by atoms with Gasteiger partial charge in [-0.05, 0) is 64.2 Å². The van der Waals surface area contributed by atoms with E-state index in [1.807, 2.05) is 0 Å². The predicted octanol–water partition coefficient (Wildman–Crippen LogP) is 4.19. The first-order valence-corrected chi connectivity index (χ1v) is 7.62. The van der Waals surface area contributed by atoms with Crippen LogP contribution in [0.25, 0.3) is 0 Å². The molecular formula is C17H27N. The topological polar surface area (TPSA) is 3.24 Å². The molecule has 1 saturated heterocycles. The summed E-state index contributed by atoms with van der Waals surface area (Å²) in [5.74, 6) is 0. The van der Waals surface area contributed by atoms with Gasteiger partial charge in [0, 0.05) is 0 Å². The van der Waals surface area contributed by atoms with Gasteiger partial charge in [0.15, 0.2) is 0 Å². The molecule has 0 saturated carbocycles. The summed E-state index contributed by atoms with van der Waals surface area (Å²) < 4.78 is 0. The van der Waals surface area contributed by atoms with Crippen molar-refractivity contribution in [2.45, 2.75) is 51.9 Å². The molecular weight excluding hydrogens is 218 g/mol. The van der Waals surface area contributed by atoms with Crippen LogP contribution in [0.5, 0.6) is 0 Å². The Morgan fingerprint density at radius 1 is 0.889 bits per heavy atom. The minimum absolute atomic E-state index is 1.25. The summed E-state index contributed by atoms with van der Waals surface area (Å²) in [6, 6.07) is 9.00. The number of unbranched alkanes of at least 4 members (excludes halogenated alkanes) is 3. The van der Waals surface area contributed by atoms with Gasteiger partial charge in [0.2, 0.25) is 0 Å². The van der Waals surface area contributed by atoms with Gasteiger partial charge in [0.05, 0.1) is 0 Å². The quantitative estimate of drug-likeness (QED) is 0.651. The fraction of sp³-hybridized carbons (Fsp3) is 0.647. The van der Waals surface area contributed by atoms with E-state index in [0.29, 0.717) is 0 Å². The fourth-order valence-corrected chi connectivity index (χ4v) is 2.78. The third-order valence-corrected chi connectivity index (χ3v) is 4.01. The molecule has 2 rings (SSSR count). The van der Waals surface area contributed by atoms with E-state index in [0.717, 1.165) is 0 Å². The van der Waals surface area contributed by atoms with Crippen molar-refractivity contribution in [3.8, 4) is 0 Å². The molecule has 0 unspecified atom stereocenters. The number of likely N-dealkylation sites (tertiary alicyclic amines) is 1. The number of aryl methyl sites for hydroxylation is 2. The second-order valence-corrected chi connectivity index (χ2v) is 5.70. The number of nitrogens with zero attached hydrogens (tertiary/aromatic N) is 1. The monoisotopic (exact) mass is 245 g/mol. The number of hydrogen-bond acceptors (Lipinski definition) is 1. The zero-order valence-corrected chi connectivity index (χ0v) is 11.8. The van der Waals surface area contributed by atoms with Crippen molar-refractivity contribution in [2.24, 2.45) is 0 Å². The first-order valence-electron chi connectivity index (χ1n) is 7.62. The normalized spacial score (nSPS) is 16.3. The first-order chi connectivity index (χ1) is 8.84. The minimum Gasteiger partial charge on any atom is -0.303 e. The van der Waals surface area contributed by atoms with Gasteiger partial charge in [-0.1, -0.05) is 42.7 Å². The van der Waals surface area contributed by atoms with Crippen LogP contribution in [0, 0.1) is 6.92 Å². The summed E-state index contributed by atoms with van der Waals surface area (Å²) in [6.45, 7) is 6.19. The van der Waals surface area contributed by atoms with E-state index in [1.54, 1.807) is 0 Å². The molecule has 1 aliphatic heterocycles. The molecule has 0 bridgehead atoms. The molecule has 1 heterocycles. The van der Waals surface area contributed by atoms with E-state index in [2.05, 4.69) is 36.1 Å². The van der Waals surface area contributed by atoms with Crippen molar-refractivity contribution in [1.29, 1.82) is 0 Å².